The number of aliphatic imine (C=N–C) groups is 1. The molecule has 0 bridgehead atoms. The van der Waals surface area contributed by atoms with Gasteiger partial charge in [-0.25, -0.2) is 4.79 Å². The van der Waals surface area contributed by atoms with Gasteiger partial charge in [0.05, 0.1) is 18.5 Å². The molecule has 1 rings (SSSR count). The van der Waals surface area contributed by atoms with Crippen LogP contribution in [0.1, 0.15) is 34.6 Å². The average Bonchev–Trinajstić information content (AvgIpc) is 2.43. The first-order valence-corrected chi connectivity index (χ1v) is 7.52. The average molecular weight is 312 g/mol. The van der Waals surface area contributed by atoms with Crippen molar-refractivity contribution in [1.29, 1.82) is 0 Å². The number of carbonyl (C=O) groups is 2. The zero-order valence-electron chi connectivity index (χ0n) is 14.4. The Kier molecular flexibility index (Phi) is 5.79. The van der Waals surface area contributed by atoms with Crippen LogP contribution in [-0.4, -0.2) is 61.6 Å². The summed E-state index contributed by atoms with van der Waals surface area (Å²) in [6.45, 7) is 11.1. The van der Waals surface area contributed by atoms with E-state index in [1.165, 1.54) is 0 Å². The molecule has 0 unspecified atom stereocenters. The first-order valence-electron chi connectivity index (χ1n) is 7.52. The highest BCUT2D eigenvalue weighted by atomic mass is 16.6. The molecule has 0 radical (unpaired) electrons. The Morgan fingerprint density at radius 2 is 1.91 bits per heavy atom. The molecule has 0 aromatic carbocycles. The monoisotopic (exact) mass is 312 g/mol. The quantitative estimate of drug-likeness (QED) is 0.814. The molecule has 7 heteroatoms. The smallest absolute Gasteiger partial charge is 0.410 e. The van der Waals surface area contributed by atoms with Crippen LogP contribution in [0.5, 0.6) is 0 Å². The number of rotatable bonds is 3. The number of hydrogen-bond acceptors (Lipinski definition) is 5. The van der Waals surface area contributed by atoms with Crippen LogP contribution in [0.15, 0.2) is 4.99 Å². The minimum atomic E-state index is -0.550. The van der Waals surface area contributed by atoms with Gasteiger partial charge in [-0.05, 0) is 34.6 Å². The summed E-state index contributed by atoms with van der Waals surface area (Å²) in [6, 6.07) is 0. The van der Waals surface area contributed by atoms with Crippen molar-refractivity contribution >= 4 is 17.8 Å². The normalized spacial score (nSPS) is 15.9. The predicted octanol–water partition coefficient (Wildman–Crippen LogP) is 0.997. The van der Waals surface area contributed by atoms with E-state index in [0.29, 0.717) is 32.0 Å². The number of hydrogen-bond donors (Lipinski definition) is 2. The summed E-state index contributed by atoms with van der Waals surface area (Å²) in [7, 11) is 1.62. The van der Waals surface area contributed by atoms with Crippen molar-refractivity contribution in [1.82, 2.24) is 15.5 Å². The van der Waals surface area contributed by atoms with Gasteiger partial charge in [0.25, 0.3) is 0 Å². The van der Waals surface area contributed by atoms with Crippen molar-refractivity contribution in [2.75, 3.05) is 33.2 Å². The third kappa shape index (κ3) is 5.54. The minimum absolute atomic E-state index is 0.0413. The van der Waals surface area contributed by atoms with Crippen molar-refractivity contribution in [3.8, 4) is 0 Å². The lowest BCUT2D eigenvalue weighted by Gasteiger charge is -2.31. The van der Waals surface area contributed by atoms with Crippen LogP contribution in [0.25, 0.3) is 0 Å². The van der Waals surface area contributed by atoms with Gasteiger partial charge in [0, 0.05) is 20.1 Å². The molecular weight excluding hydrogens is 284 g/mol. The van der Waals surface area contributed by atoms with Crippen molar-refractivity contribution < 1.29 is 14.3 Å². The zero-order chi connectivity index (χ0) is 17.0. The molecule has 1 heterocycles. The SMILES string of the molecule is CNC(=O)C(C)(C)CNC1=NCCN(C(=O)OC(C)(C)C)C1. The Balaban J connectivity index is 2.55. The maximum atomic E-state index is 12.1. The molecule has 7 nitrogen and oxygen atoms in total. The van der Waals surface area contributed by atoms with E-state index < -0.39 is 11.0 Å². The molecule has 2 N–H and O–H groups in total. The van der Waals surface area contributed by atoms with E-state index in [4.69, 9.17) is 4.74 Å². The van der Waals surface area contributed by atoms with Gasteiger partial charge in [-0.1, -0.05) is 0 Å². The van der Waals surface area contributed by atoms with Crippen LogP contribution in [0, 0.1) is 5.41 Å². The minimum Gasteiger partial charge on any atom is -0.444 e. The fourth-order valence-corrected chi connectivity index (χ4v) is 1.95. The van der Waals surface area contributed by atoms with Crippen LogP contribution in [-0.2, 0) is 9.53 Å². The summed E-state index contributed by atoms with van der Waals surface area (Å²) in [4.78, 5) is 29.8. The number of amidine groups is 1. The molecule has 0 aromatic rings. The van der Waals surface area contributed by atoms with Gasteiger partial charge in [0.15, 0.2) is 0 Å². The molecule has 0 fully saturated rings. The van der Waals surface area contributed by atoms with E-state index in [0.717, 1.165) is 0 Å². The Bertz CT molecular complexity index is 452. The fraction of sp³-hybridized carbons (Fsp3) is 0.800. The Morgan fingerprint density at radius 3 is 2.45 bits per heavy atom. The van der Waals surface area contributed by atoms with Crippen LogP contribution in [0.2, 0.25) is 0 Å². The first kappa shape index (κ1) is 18.3. The molecule has 0 spiro atoms. The number of amides is 2. The van der Waals surface area contributed by atoms with Gasteiger partial charge in [0.1, 0.15) is 11.4 Å². The van der Waals surface area contributed by atoms with Crippen molar-refractivity contribution in [2.45, 2.75) is 40.2 Å². The summed E-state index contributed by atoms with van der Waals surface area (Å²) in [5, 5.41) is 5.81. The second-order valence-electron chi connectivity index (χ2n) is 7.05. The van der Waals surface area contributed by atoms with Gasteiger partial charge >= 0.3 is 6.09 Å². The fourth-order valence-electron chi connectivity index (χ4n) is 1.95. The summed E-state index contributed by atoms with van der Waals surface area (Å²) in [6.07, 6.45) is -0.340. The van der Waals surface area contributed by atoms with Gasteiger partial charge < -0.3 is 15.4 Å². The molecule has 0 saturated carbocycles. The first-order chi connectivity index (χ1) is 10.0. The molecule has 2 amide bonds. The van der Waals surface area contributed by atoms with E-state index in [2.05, 4.69) is 15.6 Å². The number of nitrogens with zero attached hydrogens (tertiary/aromatic N) is 2. The largest absolute Gasteiger partial charge is 0.444 e. The van der Waals surface area contributed by atoms with E-state index >= 15 is 0 Å². The molecule has 1 aliphatic heterocycles. The van der Waals surface area contributed by atoms with Crippen molar-refractivity contribution in [3.05, 3.63) is 0 Å². The lowest BCUT2D eigenvalue weighted by molar-refractivity contribution is -0.128. The van der Waals surface area contributed by atoms with Crippen LogP contribution in [0.4, 0.5) is 4.79 Å². The predicted molar refractivity (Wildman–Crippen MR) is 86.0 cm³/mol. The van der Waals surface area contributed by atoms with Gasteiger partial charge in [-0.2, -0.15) is 0 Å². The van der Waals surface area contributed by atoms with E-state index in [-0.39, 0.29) is 12.0 Å². The highest BCUT2D eigenvalue weighted by Gasteiger charge is 2.29. The molecule has 0 aliphatic carbocycles. The second kappa shape index (κ2) is 6.98. The molecular formula is C15H28N4O3. The van der Waals surface area contributed by atoms with Gasteiger partial charge in [-0.3, -0.25) is 14.7 Å². The Morgan fingerprint density at radius 1 is 1.27 bits per heavy atom. The van der Waals surface area contributed by atoms with Crippen LogP contribution in [0.3, 0.4) is 0 Å². The lowest BCUT2D eigenvalue weighted by Crippen LogP contribution is -2.50. The Hall–Kier alpha value is -1.79. The maximum Gasteiger partial charge on any atom is 0.410 e. The third-order valence-electron chi connectivity index (χ3n) is 3.24. The Labute approximate surface area is 132 Å². The van der Waals surface area contributed by atoms with E-state index in [1.54, 1.807) is 11.9 Å². The van der Waals surface area contributed by atoms with Crippen LogP contribution < -0.4 is 10.6 Å². The maximum absolute atomic E-state index is 12.1. The van der Waals surface area contributed by atoms with Gasteiger partial charge in [0.2, 0.25) is 5.91 Å². The summed E-state index contributed by atoms with van der Waals surface area (Å²) in [5.41, 5.74) is -1.06. The lowest BCUT2D eigenvalue weighted by atomic mass is 9.92. The highest BCUT2D eigenvalue weighted by Crippen LogP contribution is 2.14. The zero-order valence-corrected chi connectivity index (χ0v) is 14.4. The number of carbonyl (C=O) groups excluding carboxylic acids is 2. The molecule has 22 heavy (non-hydrogen) atoms. The number of ether oxygens (including phenoxy) is 1. The van der Waals surface area contributed by atoms with Crippen molar-refractivity contribution in [3.63, 3.8) is 0 Å². The topological polar surface area (TPSA) is 83.0 Å². The van der Waals surface area contributed by atoms with Crippen molar-refractivity contribution in [2.24, 2.45) is 10.4 Å². The standard InChI is InChI=1S/C15H28N4O3/c1-14(2,3)22-13(21)19-8-7-17-11(9-19)18-10-15(4,5)12(20)16-6/h7-10H2,1-6H3,(H,16,20)(H,17,18). The molecule has 0 saturated heterocycles. The second-order valence-corrected chi connectivity index (χ2v) is 7.05. The molecule has 126 valence electrons. The number of nitrogens with one attached hydrogen (secondary N) is 2. The summed E-state index contributed by atoms with van der Waals surface area (Å²) in [5.74, 6) is 0.662. The van der Waals surface area contributed by atoms with E-state index in [9.17, 15) is 9.59 Å². The highest BCUT2D eigenvalue weighted by molar-refractivity contribution is 5.89. The summed E-state index contributed by atoms with van der Waals surface area (Å²) < 4.78 is 5.37. The molecule has 0 aromatic heterocycles. The summed E-state index contributed by atoms with van der Waals surface area (Å²) >= 11 is 0. The van der Waals surface area contributed by atoms with Gasteiger partial charge in [-0.15, -0.1) is 0 Å². The molecule has 1 aliphatic rings. The van der Waals surface area contributed by atoms with E-state index in [1.807, 2.05) is 34.6 Å². The third-order valence-corrected chi connectivity index (χ3v) is 3.24. The molecule has 0 atom stereocenters. The van der Waals surface area contributed by atoms with Crippen LogP contribution >= 0.6 is 0 Å².